The van der Waals surface area contributed by atoms with E-state index in [0.29, 0.717) is 22.5 Å². The summed E-state index contributed by atoms with van der Waals surface area (Å²) in [6.45, 7) is 5.72. The molecule has 0 radical (unpaired) electrons. The third-order valence-corrected chi connectivity index (χ3v) is 7.10. The van der Waals surface area contributed by atoms with Crippen LogP contribution in [0.3, 0.4) is 0 Å². The van der Waals surface area contributed by atoms with Gasteiger partial charge in [-0.2, -0.15) is 0 Å². The molecule has 184 valence electrons. The number of carboxylic acid groups (broad SMARTS) is 1. The monoisotopic (exact) mass is 497 g/mol. The largest absolute Gasteiger partial charge is 0.481 e. The van der Waals surface area contributed by atoms with Crippen molar-refractivity contribution in [2.45, 2.75) is 39.2 Å². The minimum absolute atomic E-state index is 0.0477. The molecule has 0 bridgehead atoms. The molecule has 3 aromatic rings. The first kappa shape index (κ1) is 26.5. The third kappa shape index (κ3) is 6.95. The molecule has 0 saturated heterocycles. The summed E-state index contributed by atoms with van der Waals surface area (Å²) >= 11 is 0. The lowest BCUT2D eigenvalue weighted by molar-refractivity contribution is -0.138. The van der Waals surface area contributed by atoms with Crippen LogP contribution in [-0.2, 0) is 9.36 Å². The molecule has 0 amide bonds. The molecule has 0 fully saturated rings. The van der Waals surface area contributed by atoms with E-state index in [2.05, 4.69) is 0 Å². The van der Waals surface area contributed by atoms with Crippen molar-refractivity contribution in [3.05, 3.63) is 83.1 Å². The standard InChI is InChI=1S/C27H29FNO5P/c1-17(2)27-23(11-12-35(33,34)16-21(30)14-26(31)32)24(22-10-9-20(28)13-18(22)3)15-25(29-27)19-7-5-4-6-8-19/h4-13,15,17,21,30H,14,16H2,1-3H3,(H,31,32)(H,33,34)/b12-11+/t21-/m1/s1. The second-order valence-electron chi connectivity index (χ2n) is 8.84. The normalized spacial score (nSPS) is 14.3. The number of hydrogen-bond donors (Lipinski definition) is 3. The van der Waals surface area contributed by atoms with Gasteiger partial charge < -0.3 is 15.1 Å². The van der Waals surface area contributed by atoms with Crippen LogP contribution in [0.2, 0.25) is 0 Å². The summed E-state index contributed by atoms with van der Waals surface area (Å²) in [6.07, 6.45) is -1.14. The summed E-state index contributed by atoms with van der Waals surface area (Å²) in [4.78, 5) is 26.1. The van der Waals surface area contributed by atoms with Crippen LogP contribution in [0.5, 0.6) is 0 Å². The minimum Gasteiger partial charge on any atom is -0.481 e. The number of pyridine rings is 1. The number of rotatable bonds is 9. The van der Waals surface area contributed by atoms with Gasteiger partial charge in [-0.15, -0.1) is 0 Å². The number of aliphatic hydroxyl groups is 1. The zero-order valence-electron chi connectivity index (χ0n) is 19.9. The highest BCUT2D eigenvalue weighted by molar-refractivity contribution is 7.61. The summed E-state index contributed by atoms with van der Waals surface area (Å²) in [5.74, 6) is -0.546. The van der Waals surface area contributed by atoms with E-state index in [1.165, 1.54) is 18.2 Å². The average molecular weight is 498 g/mol. The first-order chi connectivity index (χ1) is 16.5. The molecule has 1 heterocycles. The lowest BCUT2D eigenvalue weighted by Crippen LogP contribution is -2.17. The summed E-state index contributed by atoms with van der Waals surface area (Å²) in [6, 6.07) is 16.0. The topological polar surface area (TPSA) is 108 Å². The Labute approximate surface area is 204 Å². The fourth-order valence-electron chi connectivity index (χ4n) is 3.92. The molecule has 35 heavy (non-hydrogen) atoms. The van der Waals surface area contributed by atoms with Crippen LogP contribution in [0, 0.1) is 12.7 Å². The molecule has 8 heteroatoms. The Morgan fingerprint density at radius 2 is 1.80 bits per heavy atom. The Bertz CT molecular complexity index is 1290. The van der Waals surface area contributed by atoms with Crippen molar-refractivity contribution in [3.8, 4) is 22.4 Å². The predicted octanol–water partition coefficient (Wildman–Crippen LogP) is 6.06. The van der Waals surface area contributed by atoms with E-state index >= 15 is 0 Å². The summed E-state index contributed by atoms with van der Waals surface area (Å²) in [5, 5.41) is 18.7. The molecular weight excluding hydrogens is 468 g/mol. The van der Waals surface area contributed by atoms with Crippen molar-refractivity contribution in [3.63, 3.8) is 0 Å². The van der Waals surface area contributed by atoms with Gasteiger partial charge >= 0.3 is 5.97 Å². The van der Waals surface area contributed by atoms with E-state index in [9.17, 15) is 23.7 Å². The highest BCUT2D eigenvalue weighted by Crippen LogP contribution is 2.45. The van der Waals surface area contributed by atoms with Gasteiger partial charge in [-0.3, -0.25) is 14.3 Å². The second-order valence-corrected chi connectivity index (χ2v) is 11.0. The molecule has 2 atom stereocenters. The van der Waals surface area contributed by atoms with Gasteiger partial charge in [0.25, 0.3) is 0 Å². The van der Waals surface area contributed by atoms with Gasteiger partial charge in [0, 0.05) is 16.9 Å². The number of aliphatic carboxylic acids is 1. The summed E-state index contributed by atoms with van der Waals surface area (Å²) in [5.41, 5.74) is 5.09. The highest BCUT2D eigenvalue weighted by atomic mass is 31.2. The SMILES string of the molecule is Cc1cc(F)ccc1-c1cc(-c2ccccc2)nc(C(C)C)c1/C=C/P(=O)(O)C[C@H](O)CC(=O)O. The molecule has 6 nitrogen and oxygen atoms in total. The zero-order valence-corrected chi connectivity index (χ0v) is 20.7. The molecule has 0 aliphatic carbocycles. The number of aliphatic hydroxyl groups excluding tert-OH is 1. The third-order valence-electron chi connectivity index (χ3n) is 5.54. The molecule has 1 unspecified atom stereocenters. The van der Waals surface area contributed by atoms with Crippen LogP contribution in [0.4, 0.5) is 4.39 Å². The number of aromatic nitrogens is 1. The van der Waals surface area contributed by atoms with Gasteiger partial charge in [-0.25, -0.2) is 4.39 Å². The van der Waals surface area contributed by atoms with Gasteiger partial charge in [0.1, 0.15) is 5.82 Å². The Hall–Kier alpha value is -3.12. The molecule has 0 aliphatic rings. The number of aryl methyl sites for hydroxylation is 1. The number of carbonyl (C=O) groups is 1. The maximum atomic E-state index is 13.9. The average Bonchev–Trinajstić information content (AvgIpc) is 2.77. The van der Waals surface area contributed by atoms with Gasteiger partial charge in [-0.05, 0) is 53.8 Å². The van der Waals surface area contributed by atoms with Crippen LogP contribution in [0.15, 0.2) is 60.4 Å². The highest BCUT2D eigenvalue weighted by Gasteiger charge is 2.23. The molecule has 0 spiro atoms. The van der Waals surface area contributed by atoms with Crippen molar-refractivity contribution in [1.82, 2.24) is 4.98 Å². The van der Waals surface area contributed by atoms with Crippen molar-refractivity contribution in [2.75, 3.05) is 6.16 Å². The van der Waals surface area contributed by atoms with Crippen molar-refractivity contribution in [2.24, 2.45) is 0 Å². The maximum Gasteiger partial charge on any atom is 0.305 e. The van der Waals surface area contributed by atoms with E-state index < -0.39 is 32.0 Å². The first-order valence-corrected chi connectivity index (χ1v) is 13.2. The quantitative estimate of drug-likeness (QED) is 0.310. The van der Waals surface area contributed by atoms with Crippen LogP contribution in [0.1, 0.15) is 43.0 Å². The van der Waals surface area contributed by atoms with Gasteiger partial charge in [0.2, 0.25) is 7.37 Å². The molecule has 0 aliphatic heterocycles. The van der Waals surface area contributed by atoms with Crippen LogP contribution in [-0.4, -0.2) is 38.3 Å². The number of carboxylic acids is 1. The first-order valence-electron chi connectivity index (χ1n) is 11.2. The lowest BCUT2D eigenvalue weighted by Gasteiger charge is -2.19. The molecule has 3 rings (SSSR count). The Morgan fingerprint density at radius 1 is 1.11 bits per heavy atom. The van der Waals surface area contributed by atoms with Crippen molar-refractivity contribution >= 4 is 19.4 Å². The van der Waals surface area contributed by atoms with Crippen LogP contribution in [0.25, 0.3) is 28.5 Å². The Balaban J connectivity index is 2.19. The van der Waals surface area contributed by atoms with Gasteiger partial charge in [-0.1, -0.05) is 50.2 Å². The number of hydrogen-bond acceptors (Lipinski definition) is 4. The number of nitrogens with zero attached hydrogens (tertiary/aromatic N) is 1. The molecule has 3 N–H and O–H groups in total. The van der Waals surface area contributed by atoms with E-state index in [-0.39, 0.29) is 11.7 Å². The molecule has 0 saturated carbocycles. The minimum atomic E-state index is -4.00. The van der Waals surface area contributed by atoms with Gasteiger partial charge in [0.15, 0.2) is 0 Å². The zero-order chi connectivity index (χ0) is 25.8. The lowest BCUT2D eigenvalue weighted by atomic mass is 9.90. The fourth-order valence-corrected chi connectivity index (χ4v) is 5.16. The molecule has 1 aromatic heterocycles. The van der Waals surface area contributed by atoms with Crippen LogP contribution >= 0.6 is 7.37 Å². The summed E-state index contributed by atoms with van der Waals surface area (Å²) < 4.78 is 26.6. The van der Waals surface area contributed by atoms with E-state index in [1.54, 1.807) is 13.0 Å². The number of benzene rings is 2. The Kier molecular flexibility index (Phi) is 8.39. The van der Waals surface area contributed by atoms with Gasteiger partial charge in [0.05, 0.1) is 30.1 Å². The van der Waals surface area contributed by atoms with E-state index in [0.717, 1.165) is 22.5 Å². The van der Waals surface area contributed by atoms with Crippen molar-refractivity contribution in [1.29, 1.82) is 0 Å². The Morgan fingerprint density at radius 3 is 2.40 bits per heavy atom. The van der Waals surface area contributed by atoms with E-state index in [4.69, 9.17) is 10.1 Å². The molecule has 2 aromatic carbocycles. The fraction of sp³-hybridized carbons (Fsp3) is 0.259. The summed E-state index contributed by atoms with van der Waals surface area (Å²) in [7, 11) is -4.00. The predicted molar refractivity (Wildman–Crippen MR) is 136 cm³/mol. The number of halogens is 1. The second kappa shape index (κ2) is 11.1. The maximum absolute atomic E-state index is 13.9. The molecular formula is C27H29FNO5P. The van der Waals surface area contributed by atoms with Crippen LogP contribution < -0.4 is 0 Å². The van der Waals surface area contributed by atoms with Crippen molar-refractivity contribution < 1.29 is 28.9 Å². The van der Waals surface area contributed by atoms with E-state index in [1.807, 2.05) is 50.2 Å². The smallest absolute Gasteiger partial charge is 0.305 e.